The number of hydrogen-bond donors (Lipinski definition) is 1. The van der Waals surface area contributed by atoms with Crippen LogP contribution in [0.1, 0.15) is 33.6 Å². The highest BCUT2D eigenvalue weighted by Crippen LogP contribution is 2.68. The number of amides is 3. The Morgan fingerprint density at radius 1 is 1.17 bits per heavy atom. The standard InChI is InChI=1S/C36H51BrN4O6S/c1-6-14-39(17-16-38-18-20-46-21-19-38)35(45)32-36-22-27(37)31(48-36)29(30(36)34(44)41(32)28(23-42)24(5)8-3)33(43)40(15-7-2)25-10-12-26(13-11-25)47-9-4/h6-7,10-13,24,27-32,42H,1-2,8-9,14-23H2,3-5H3/t24-,27?,28-,29+,30-,31+,32?,36?/m0/s1. The van der Waals surface area contributed by atoms with Gasteiger partial charge in [-0.2, -0.15) is 0 Å². The van der Waals surface area contributed by atoms with Crippen molar-refractivity contribution in [3.63, 3.8) is 0 Å². The number of alkyl halides is 1. The van der Waals surface area contributed by atoms with Gasteiger partial charge in [-0.1, -0.05) is 48.4 Å². The summed E-state index contributed by atoms with van der Waals surface area (Å²) in [5, 5.41) is 10.6. The molecule has 0 aromatic heterocycles. The average molecular weight is 748 g/mol. The zero-order chi connectivity index (χ0) is 34.6. The van der Waals surface area contributed by atoms with Crippen LogP contribution in [0.15, 0.2) is 49.6 Å². The van der Waals surface area contributed by atoms with E-state index < -0.39 is 28.7 Å². The third-order valence-corrected chi connectivity index (χ3v) is 13.8. The number of thioether (sulfide) groups is 1. The molecule has 1 spiro atoms. The molecule has 4 saturated heterocycles. The Morgan fingerprint density at radius 2 is 1.85 bits per heavy atom. The number of aliphatic hydroxyl groups excluding tert-OH is 1. The molecule has 10 nitrogen and oxygen atoms in total. The summed E-state index contributed by atoms with van der Waals surface area (Å²) in [7, 11) is 0. The van der Waals surface area contributed by atoms with Gasteiger partial charge in [0.25, 0.3) is 0 Å². The van der Waals surface area contributed by atoms with Gasteiger partial charge in [0.2, 0.25) is 17.7 Å². The van der Waals surface area contributed by atoms with E-state index in [0.717, 1.165) is 19.5 Å². The summed E-state index contributed by atoms with van der Waals surface area (Å²) in [6.45, 7) is 18.8. The quantitative estimate of drug-likeness (QED) is 0.201. The number of likely N-dealkylation sites (tertiary alicyclic amines) is 1. The monoisotopic (exact) mass is 746 g/mol. The topological polar surface area (TPSA) is 103 Å². The Kier molecular flexibility index (Phi) is 12.4. The third-order valence-electron chi connectivity index (χ3n) is 10.6. The van der Waals surface area contributed by atoms with Crippen molar-refractivity contribution in [1.29, 1.82) is 0 Å². The van der Waals surface area contributed by atoms with Crippen LogP contribution in [0.3, 0.4) is 0 Å². The predicted molar refractivity (Wildman–Crippen MR) is 194 cm³/mol. The van der Waals surface area contributed by atoms with Crippen molar-refractivity contribution in [3.8, 4) is 5.75 Å². The number of ether oxygens (including phenoxy) is 2. The number of morpholine rings is 1. The summed E-state index contributed by atoms with van der Waals surface area (Å²) in [6.07, 6.45) is 4.72. The average Bonchev–Trinajstić information content (AvgIpc) is 3.69. The first-order valence-corrected chi connectivity index (χ1v) is 19.1. The lowest BCUT2D eigenvalue weighted by Gasteiger charge is -2.41. The van der Waals surface area contributed by atoms with Gasteiger partial charge in [-0.05, 0) is 43.5 Å². The van der Waals surface area contributed by atoms with E-state index in [1.54, 1.807) is 33.7 Å². The van der Waals surface area contributed by atoms with Gasteiger partial charge in [0, 0.05) is 55.0 Å². The van der Waals surface area contributed by atoms with Crippen LogP contribution >= 0.6 is 27.7 Å². The van der Waals surface area contributed by atoms with Gasteiger partial charge in [-0.25, -0.2) is 0 Å². The second-order valence-corrected chi connectivity index (χ2v) is 16.0. The predicted octanol–water partition coefficient (Wildman–Crippen LogP) is 3.82. The van der Waals surface area contributed by atoms with E-state index in [0.29, 0.717) is 57.3 Å². The molecule has 48 heavy (non-hydrogen) atoms. The maximum absolute atomic E-state index is 15.0. The van der Waals surface area contributed by atoms with E-state index in [2.05, 4.69) is 34.0 Å². The van der Waals surface area contributed by atoms with Gasteiger partial charge in [0.15, 0.2) is 0 Å². The smallest absolute Gasteiger partial charge is 0.247 e. The Bertz CT molecular complexity index is 1330. The molecule has 4 heterocycles. The largest absolute Gasteiger partial charge is 0.494 e. The lowest BCUT2D eigenvalue weighted by molar-refractivity contribution is -0.147. The fourth-order valence-electron chi connectivity index (χ4n) is 8.03. The highest BCUT2D eigenvalue weighted by atomic mass is 79.9. The summed E-state index contributed by atoms with van der Waals surface area (Å²) in [5.74, 6) is -1.22. The first kappa shape index (κ1) is 36.9. The molecule has 1 N–H and O–H groups in total. The number of anilines is 1. The highest BCUT2D eigenvalue weighted by Gasteiger charge is 2.76. The van der Waals surface area contributed by atoms with Crippen LogP contribution < -0.4 is 9.64 Å². The van der Waals surface area contributed by atoms with E-state index >= 15 is 0 Å². The maximum Gasteiger partial charge on any atom is 0.247 e. The number of carbonyl (C=O) groups excluding carboxylic acids is 3. The molecule has 4 aliphatic heterocycles. The van der Waals surface area contributed by atoms with Crippen LogP contribution in [0, 0.1) is 17.8 Å². The normalized spacial score (nSPS) is 29.3. The SMILES string of the molecule is C=CCN(CCN1CCOCC1)C(=O)C1N([C@@H](CO)[C@@H](C)CC)C(=O)[C@@H]2[C@@H](C(=O)N(CC=C)c3ccc(OCC)cc3)[C@@H]3SC12CC3Br. The minimum Gasteiger partial charge on any atom is -0.494 e. The van der Waals surface area contributed by atoms with Gasteiger partial charge < -0.3 is 29.3 Å². The zero-order valence-corrected chi connectivity index (χ0v) is 30.9. The van der Waals surface area contributed by atoms with Gasteiger partial charge >= 0.3 is 0 Å². The van der Waals surface area contributed by atoms with E-state index in [4.69, 9.17) is 9.47 Å². The molecular weight excluding hydrogens is 696 g/mol. The molecule has 1 aromatic rings. The van der Waals surface area contributed by atoms with Crippen LogP contribution in [0.25, 0.3) is 0 Å². The number of benzene rings is 1. The summed E-state index contributed by atoms with van der Waals surface area (Å²) >= 11 is 5.53. The van der Waals surface area contributed by atoms with E-state index in [1.807, 2.05) is 49.9 Å². The zero-order valence-electron chi connectivity index (χ0n) is 28.5. The Labute approximate surface area is 298 Å². The van der Waals surface area contributed by atoms with E-state index in [9.17, 15) is 19.5 Å². The molecule has 4 aliphatic rings. The summed E-state index contributed by atoms with van der Waals surface area (Å²) < 4.78 is 10.3. The molecule has 3 amide bonds. The second-order valence-electron chi connectivity index (χ2n) is 13.2. The molecule has 0 aliphatic carbocycles. The Hall–Kier alpha value is -2.38. The van der Waals surface area contributed by atoms with Gasteiger partial charge in [-0.3, -0.25) is 19.3 Å². The van der Waals surface area contributed by atoms with Gasteiger partial charge in [0.05, 0.1) is 49.1 Å². The molecule has 4 fully saturated rings. The maximum atomic E-state index is 15.0. The Balaban J connectivity index is 1.53. The lowest BCUT2D eigenvalue weighted by atomic mass is 9.70. The summed E-state index contributed by atoms with van der Waals surface area (Å²) in [5.41, 5.74) is 0.694. The van der Waals surface area contributed by atoms with Crippen molar-refractivity contribution in [1.82, 2.24) is 14.7 Å². The number of aliphatic hydroxyl groups is 1. The van der Waals surface area contributed by atoms with Crippen LogP contribution in [0.5, 0.6) is 5.75 Å². The fourth-order valence-corrected chi connectivity index (χ4v) is 11.6. The van der Waals surface area contributed by atoms with Crippen LogP contribution in [0.4, 0.5) is 5.69 Å². The number of hydrogen-bond acceptors (Lipinski definition) is 8. The fraction of sp³-hybridized carbons (Fsp3) is 0.639. The first-order chi connectivity index (χ1) is 23.2. The molecular formula is C36H51BrN4O6S. The summed E-state index contributed by atoms with van der Waals surface area (Å²) in [6, 6.07) is 6.02. The molecule has 3 unspecified atom stereocenters. The third kappa shape index (κ3) is 6.84. The molecule has 1 aromatic carbocycles. The molecule has 8 atom stereocenters. The van der Waals surface area contributed by atoms with E-state index in [-0.39, 0.29) is 46.9 Å². The first-order valence-electron chi connectivity index (χ1n) is 17.3. The van der Waals surface area contributed by atoms with Gasteiger partial charge in [0.1, 0.15) is 11.8 Å². The van der Waals surface area contributed by atoms with Crippen molar-refractivity contribution in [2.75, 3.05) is 70.6 Å². The van der Waals surface area contributed by atoms with Crippen LogP contribution in [-0.4, -0.2) is 130 Å². The van der Waals surface area contributed by atoms with Crippen molar-refractivity contribution in [2.45, 2.75) is 60.5 Å². The lowest BCUT2D eigenvalue weighted by Crippen LogP contribution is -2.59. The van der Waals surface area contributed by atoms with E-state index in [1.165, 1.54) is 0 Å². The van der Waals surface area contributed by atoms with Crippen LogP contribution in [0.2, 0.25) is 0 Å². The number of fused-ring (bicyclic) bond motifs is 1. The molecule has 5 rings (SSSR count). The molecule has 2 bridgehead atoms. The van der Waals surface area contributed by atoms with Crippen LogP contribution in [-0.2, 0) is 19.1 Å². The molecule has 12 heteroatoms. The number of halogens is 1. The van der Waals surface area contributed by atoms with Crippen molar-refractivity contribution in [2.24, 2.45) is 17.8 Å². The molecule has 0 saturated carbocycles. The number of carbonyl (C=O) groups is 3. The number of rotatable bonds is 16. The highest BCUT2D eigenvalue weighted by molar-refractivity contribution is 9.09. The molecule has 0 radical (unpaired) electrons. The number of nitrogens with zero attached hydrogens (tertiary/aromatic N) is 4. The molecule has 264 valence electrons. The minimum absolute atomic E-state index is 0.0529. The van der Waals surface area contributed by atoms with Crippen molar-refractivity contribution in [3.05, 3.63) is 49.6 Å². The minimum atomic E-state index is -0.828. The Morgan fingerprint density at radius 3 is 2.46 bits per heavy atom. The van der Waals surface area contributed by atoms with Crippen molar-refractivity contribution >= 4 is 51.1 Å². The summed E-state index contributed by atoms with van der Waals surface area (Å²) in [4.78, 5) is 52.0. The second kappa shape index (κ2) is 16.1. The van der Waals surface area contributed by atoms with Gasteiger partial charge in [-0.15, -0.1) is 24.9 Å². The van der Waals surface area contributed by atoms with Crippen molar-refractivity contribution < 1.29 is 29.0 Å².